The van der Waals surface area contributed by atoms with Crippen molar-refractivity contribution >= 4 is 23.6 Å². The first-order chi connectivity index (χ1) is 13.6. The van der Waals surface area contributed by atoms with Gasteiger partial charge in [-0.05, 0) is 51.6 Å². The van der Waals surface area contributed by atoms with Gasteiger partial charge < -0.3 is 27.4 Å². The number of piperidine rings is 1. The molecule has 2 aliphatic heterocycles. The summed E-state index contributed by atoms with van der Waals surface area (Å²) in [5.74, 6) is 1.24. The fourth-order valence-corrected chi connectivity index (χ4v) is 5.26. The van der Waals surface area contributed by atoms with Crippen molar-refractivity contribution in [3.05, 3.63) is 0 Å². The van der Waals surface area contributed by atoms with Gasteiger partial charge in [-0.15, -0.1) is 0 Å². The molecule has 162 valence electrons. The minimum absolute atomic E-state index is 0.0978. The first-order valence-corrected chi connectivity index (χ1v) is 12.0. The normalized spacial score (nSPS) is 25.6. The van der Waals surface area contributed by atoms with Crippen LogP contribution in [0.5, 0.6) is 0 Å². The van der Waals surface area contributed by atoms with Crippen molar-refractivity contribution < 1.29 is 9.59 Å². The van der Waals surface area contributed by atoms with E-state index in [4.69, 9.17) is 11.5 Å². The molecule has 0 saturated carbocycles. The van der Waals surface area contributed by atoms with E-state index in [-0.39, 0.29) is 23.9 Å². The first kappa shape index (κ1) is 23.4. The Morgan fingerprint density at radius 3 is 2.39 bits per heavy atom. The van der Waals surface area contributed by atoms with Crippen molar-refractivity contribution in [3.63, 3.8) is 0 Å². The molecule has 28 heavy (non-hydrogen) atoms. The Labute approximate surface area is 173 Å². The lowest BCUT2D eigenvalue weighted by Gasteiger charge is -2.23. The van der Waals surface area contributed by atoms with E-state index < -0.39 is 0 Å². The average Bonchev–Trinajstić information content (AvgIpc) is 3.01. The quantitative estimate of drug-likeness (QED) is 0.303. The Bertz CT molecular complexity index is 474. The summed E-state index contributed by atoms with van der Waals surface area (Å²) in [4.78, 5) is 23.8. The number of carbonyl (C=O) groups is 2. The summed E-state index contributed by atoms with van der Waals surface area (Å²) in [5.41, 5.74) is 12.0. The van der Waals surface area contributed by atoms with Gasteiger partial charge in [0, 0.05) is 48.5 Å². The Balaban J connectivity index is 1.38. The van der Waals surface area contributed by atoms with Crippen LogP contribution in [0.1, 0.15) is 64.2 Å². The molecule has 2 saturated heterocycles. The molecule has 0 aromatic rings. The molecule has 0 spiro atoms. The molecule has 2 heterocycles. The van der Waals surface area contributed by atoms with Crippen LogP contribution in [0.15, 0.2) is 0 Å². The van der Waals surface area contributed by atoms with Crippen LogP contribution in [0.3, 0.4) is 0 Å². The Morgan fingerprint density at radius 2 is 1.68 bits per heavy atom. The van der Waals surface area contributed by atoms with Gasteiger partial charge in [0.1, 0.15) is 0 Å². The van der Waals surface area contributed by atoms with E-state index in [0.717, 1.165) is 70.2 Å². The van der Waals surface area contributed by atoms with Gasteiger partial charge in [0.15, 0.2) is 0 Å². The molecule has 0 aromatic heterocycles. The van der Waals surface area contributed by atoms with Crippen molar-refractivity contribution in [1.29, 1.82) is 0 Å². The molecule has 8 heteroatoms. The average molecular weight is 414 g/mol. The molecule has 7 N–H and O–H groups in total. The Hall–Kier alpha value is -0.830. The van der Waals surface area contributed by atoms with E-state index in [1.807, 2.05) is 11.8 Å². The summed E-state index contributed by atoms with van der Waals surface area (Å²) in [6.45, 7) is 2.69. The van der Waals surface area contributed by atoms with Gasteiger partial charge >= 0.3 is 0 Å². The number of nitrogens with one attached hydrogen (secondary N) is 3. The van der Waals surface area contributed by atoms with Gasteiger partial charge in [-0.25, -0.2) is 0 Å². The predicted octanol–water partition coefficient (Wildman–Crippen LogP) is 0.862. The zero-order chi connectivity index (χ0) is 20.2. The van der Waals surface area contributed by atoms with Crippen LogP contribution in [-0.4, -0.2) is 60.6 Å². The molecule has 2 rings (SSSR count). The van der Waals surface area contributed by atoms with E-state index >= 15 is 0 Å². The maximum absolute atomic E-state index is 11.9. The molecule has 2 aliphatic rings. The summed E-state index contributed by atoms with van der Waals surface area (Å²) in [5, 5.41) is 9.85. The second-order valence-electron chi connectivity index (χ2n) is 8.11. The van der Waals surface area contributed by atoms with E-state index in [1.54, 1.807) is 0 Å². The lowest BCUT2D eigenvalue weighted by molar-refractivity contribution is -0.122. The van der Waals surface area contributed by atoms with Crippen LogP contribution < -0.4 is 27.4 Å². The van der Waals surface area contributed by atoms with E-state index in [0.29, 0.717) is 30.7 Å². The summed E-state index contributed by atoms with van der Waals surface area (Å²) in [7, 11) is 0. The van der Waals surface area contributed by atoms with Gasteiger partial charge in [0.05, 0.1) is 0 Å². The molecule has 0 aliphatic carbocycles. The molecule has 0 bridgehead atoms. The first-order valence-electron chi connectivity index (χ1n) is 11.0. The van der Waals surface area contributed by atoms with Crippen molar-refractivity contribution in [1.82, 2.24) is 16.0 Å². The number of rotatable bonds is 12. The number of hydrogen-bond donors (Lipinski definition) is 5. The van der Waals surface area contributed by atoms with Crippen molar-refractivity contribution in [2.45, 2.75) is 87.6 Å². The number of thioether (sulfide) groups is 1. The maximum atomic E-state index is 11.9. The molecular formula is C20H39N5O2S. The van der Waals surface area contributed by atoms with E-state index in [9.17, 15) is 9.59 Å². The fourth-order valence-electron chi connectivity index (χ4n) is 3.81. The van der Waals surface area contributed by atoms with E-state index in [1.165, 1.54) is 0 Å². The van der Waals surface area contributed by atoms with Crippen LogP contribution >= 0.6 is 11.8 Å². The largest absolute Gasteiger partial charge is 0.356 e. The third kappa shape index (κ3) is 9.11. The number of hydrogen-bond acceptors (Lipinski definition) is 6. The molecule has 2 amide bonds. The van der Waals surface area contributed by atoms with Crippen LogP contribution in [-0.2, 0) is 9.59 Å². The minimum atomic E-state index is 0.0978. The molecule has 7 nitrogen and oxygen atoms in total. The highest BCUT2D eigenvalue weighted by atomic mass is 32.2. The Morgan fingerprint density at radius 1 is 0.964 bits per heavy atom. The highest BCUT2D eigenvalue weighted by Gasteiger charge is 2.30. The maximum Gasteiger partial charge on any atom is 0.220 e. The number of amides is 2. The molecular weight excluding hydrogens is 374 g/mol. The van der Waals surface area contributed by atoms with Gasteiger partial charge in [0.2, 0.25) is 11.8 Å². The van der Waals surface area contributed by atoms with Crippen molar-refractivity contribution in [3.8, 4) is 0 Å². The van der Waals surface area contributed by atoms with Crippen LogP contribution in [0.25, 0.3) is 0 Å². The zero-order valence-electron chi connectivity index (χ0n) is 17.1. The topological polar surface area (TPSA) is 122 Å². The van der Waals surface area contributed by atoms with Crippen LogP contribution in [0, 0.1) is 0 Å². The van der Waals surface area contributed by atoms with Crippen molar-refractivity contribution in [2.75, 3.05) is 25.4 Å². The molecule has 2 fully saturated rings. The predicted molar refractivity (Wildman–Crippen MR) is 116 cm³/mol. The van der Waals surface area contributed by atoms with Gasteiger partial charge in [-0.2, -0.15) is 11.8 Å². The Kier molecular flexibility index (Phi) is 11.2. The van der Waals surface area contributed by atoms with Gasteiger partial charge in [-0.3, -0.25) is 9.59 Å². The van der Waals surface area contributed by atoms with E-state index in [2.05, 4.69) is 16.0 Å². The lowest BCUT2D eigenvalue weighted by Crippen LogP contribution is -2.43. The summed E-state index contributed by atoms with van der Waals surface area (Å²) in [6, 6.07) is 0.558. The number of unbranched alkanes of at least 4 members (excludes halogenated alkanes) is 3. The second-order valence-corrected chi connectivity index (χ2v) is 9.38. The standard InChI is InChI=1S/C20H39N5O2S/c21-16-14-28-17(20(16)22)6-3-4-7-18(26)24-11-5-1-2-8-19(27)25-15-9-12-23-13-10-15/h15-17,20,23H,1-14,21-22H2,(H,24,26)(H,25,27)/t16?,17-,20+/m0/s1. The SMILES string of the molecule is NC1CS[C@@H](CCCCC(=O)NCCCCCC(=O)NC2CCNCC2)[C@@H]1N. The second kappa shape index (κ2) is 13.4. The number of nitrogens with two attached hydrogens (primary N) is 2. The number of carbonyl (C=O) groups excluding carboxylic acids is 2. The molecule has 1 unspecified atom stereocenters. The third-order valence-corrected chi connectivity index (χ3v) is 7.23. The monoisotopic (exact) mass is 413 g/mol. The molecule has 0 aromatic carbocycles. The van der Waals surface area contributed by atoms with Crippen molar-refractivity contribution in [2.24, 2.45) is 11.5 Å². The van der Waals surface area contributed by atoms with Crippen LogP contribution in [0.2, 0.25) is 0 Å². The third-order valence-electron chi connectivity index (χ3n) is 5.68. The summed E-state index contributed by atoms with van der Waals surface area (Å²) in [6.07, 6.45) is 8.98. The minimum Gasteiger partial charge on any atom is -0.356 e. The lowest BCUT2D eigenvalue weighted by atomic mass is 10.0. The molecule has 0 radical (unpaired) electrons. The molecule has 3 atom stereocenters. The summed E-state index contributed by atoms with van der Waals surface area (Å²) < 4.78 is 0. The summed E-state index contributed by atoms with van der Waals surface area (Å²) >= 11 is 1.87. The highest BCUT2D eigenvalue weighted by molar-refractivity contribution is 8.00. The van der Waals surface area contributed by atoms with Gasteiger partial charge in [-0.1, -0.05) is 12.8 Å². The van der Waals surface area contributed by atoms with Gasteiger partial charge in [0.25, 0.3) is 0 Å². The van der Waals surface area contributed by atoms with Crippen LogP contribution in [0.4, 0.5) is 0 Å². The highest BCUT2D eigenvalue weighted by Crippen LogP contribution is 2.28. The fraction of sp³-hybridized carbons (Fsp3) is 0.900. The smallest absolute Gasteiger partial charge is 0.220 e. The zero-order valence-corrected chi connectivity index (χ0v) is 17.9.